The molecular formula is C16H16F3N5O5. The minimum Gasteiger partial charge on any atom is -0.394 e. The van der Waals surface area contributed by atoms with E-state index in [0.29, 0.717) is 0 Å². The summed E-state index contributed by atoms with van der Waals surface area (Å²) in [5.41, 5.74) is 6.25. The number of alkyl halides is 3. The van der Waals surface area contributed by atoms with E-state index in [9.17, 15) is 33.3 Å². The lowest BCUT2D eigenvalue weighted by Crippen LogP contribution is -2.36. The van der Waals surface area contributed by atoms with E-state index >= 15 is 0 Å². The van der Waals surface area contributed by atoms with Gasteiger partial charge in [0.15, 0.2) is 6.23 Å². The maximum atomic E-state index is 12.2. The molecule has 3 heterocycles. The van der Waals surface area contributed by atoms with E-state index in [-0.39, 0.29) is 22.4 Å². The summed E-state index contributed by atoms with van der Waals surface area (Å²) in [6.45, 7) is -1.11. The molecule has 4 atom stereocenters. The van der Waals surface area contributed by atoms with Gasteiger partial charge in [0.25, 0.3) is 0 Å². The smallest absolute Gasteiger partial charge is 0.394 e. The molecule has 1 amide bonds. The average molecular weight is 415 g/mol. The van der Waals surface area contributed by atoms with E-state index in [1.54, 1.807) is 5.32 Å². The topological polar surface area (TPSA) is 156 Å². The van der Waals surface area contributed by atoms with Gasteiger partial charge < -0.3 is 35.7 Å². The summed E-state index contributed by atoms with van der Waals surface area (Å²) in [7, 11) is 0. The van der Waals surface area contributed by atoms with Crippen LogP contribution in [0.1, 0.15) is 11.8 Å². The van der Waals surface area contributed by atoms with Gasteiger partial charge in [-0.3, -0.25) is 4.79 Å². The highest BCUT2D eigenvalue weighted by molar-refractivity contribution is 5.92. The fourth-order valence-corrected chi connectivity index (χ4v) is 2.87. The second-order valence-corrected chi connectivity index (χ2v) is 6.12. The van der Waals surface area contributed by atoms with Gasteiger partial charge in [0.1, 0.15) is 36.1 Å². The highest BCUT2D eigenvalue weighted by Gasteiger charge is 2.44. The second-order valence-electron chi connectivity index (χ2n) is 6.12. The number of aliphatic hydroxyl groups excluding tert-OH is 3. The van der Waals surface area contributed by atoms with E-state index in [2.05, 4.69) is 21.8 Å². The lowest BCUT2D eigenvalue weighted by Gasteiger charge is -2.17. The van der Waals surface area contributed by atoms with Crippen molar-refractivity contribution in [3.8, 4) is 11.8 Å². The molecule has 0 aromatic carbocycles. The van der Waals surface area contributed by atoms with Crippen molar-refractivity contribution in [3.05, 3.63) is 18.1 Å². The van der Waals surface area contributed by atoms with Crippen molar-refractivity contribution < 1.29 is 38.0 Å². The normalized spacial score (nSPS) is 24.3. The van der Waals surface area contributed by atoms with Crippen molar-refractivity contribution in [2.45, 2.75) is 30.7 Å². The fraction of sp³-hybridized carbons (Fsp3) is 0.438. The number of nitrogens with zero attached hydrogens (tertiary/aromatic N) is 3. The van der Waals surface area contributed by atoms with E-state index < -0.39 is 49.8 Å². The molecule has 2 aromatic heterocycles. The van der Waals surface area contributed by atoms with Crippen LogP contribution < -0.4 is 11.1 Å². The largest absolute Gasteiger partial charge is 0.471 e. The number of carbonyl (C=O) groups excluding carboxylic acids is 1. The summed E-state index contributed by atoms with van der Waals surface area (Å²) in [6.07, 6.45) is -7.40. The highest BCUT2D eigenvalue weighted by atomic mass is 19.4. The third-order valence-corrected chi connectivity index (χ3v) is 4.25. The van der Waals surface area contributed by atoms with Crippen LogP contribution in [0.2, 0.25) is 0 Å². The van der Waals surface area contributed by atoms with Crippen LogP contribution in [0, 0.1) is 11.8 Å². The minimum absolute atomic E-state index is 0.0177. The Morgan fingerprint density at radius 3 is 2.69 bits per heavy atom. The highest BCUT2D eigenvalue weighted by Crippen LogP contribution is 2.34. The number of anilines is 1. The number of rotatable bonds is 3. The van der Waals surface area contributed by atoms with Crippen LogP contribution in [0.3, 0.4) is 0 Å². The van der Waals surface area contributed by atoms with Gasteiger partial charge >= 0.3 is 12.1 Å². The number of aromatic nitrogens is 3. The lowest BCUT2D eigenvalue weighted by atomic mass is 10.1. The average Bonchev–Trinajstić information content (AvgIpc) is 3.17. The Kier molecular flexibility index (Phi) is 5.62. The number of hydrogen-bond donors (Lipinski definition) is 5. The summed E-state index contributed by atoms with van der Waals surface area (Å²) in [4.78, 5) is 18.7. The van der Waals surface area contributed by atoms with Gasteiger partial charge in [-0.05, 0) is 0 Å². The number of aliphatic hydroxyl groups is 3. The molecule has 13 heteroatoms. The van der Waals surface area contributed by atoms with E-state index in [0.717, 1.165) is 6.33 Å². The molecule has 0 bridgehead atoms. The molecule has 1 saturated heterocycles. The molecule has 3 rings (SSSR count). The summed E-state index contributed by atoms with van der Waals surface area (Å²) in [6, 6.07) is 0. The van der Waals surface area contributed by atoms with Gasteiger partial charge in [0.2, 0.25) is 0 Å². The molecule has 156 valence electrons. The van der Waals surface area contributed by atoms with Crippen molar-refractivity contribution in [3.63, 3.8) is 0 Å². The molecule has 1 fully saturated rings. The Morgan fingerprint density at radius 1 is 1.34 bits per heavy atom. The van der Waals surface area contributed by atoms with Gasteiger partial charge in [-0.15, -0.1) is 0 Å². The van der Waals surface area contributed by atoms with Crippen molar-refractivity contribution in [2.75, 3.05) is 18.9 Å². The van der Waals surface area contributed by atoms with Gasteiger partial charge in [0, 0.05) is 6.20 Å². The van der Waals surface area contributed by atoms with Crippen LogP contribution in [0.5, 0.6) is 0 Å². The quantitative estimate of drug-likeness (QED) is 0.386. The van der Waals surface area contributed by atoms with E-state index in [4.69, 9.17) is 10.5 Å². The number of halogens is 3. The molecule has 6 N–H and O–H groups in total. The first-order valence-electron chi connectivity index (χ1n) is 8.22. The van der Waals surface area contributed by atoms with E-state index in [1.165, 1.54) is 10.8 Å². The summed E-state index contributed by atoms with van der Waals surface area (Å²) in [5, 5.41) is 31.3. The van der Waals surface area contributed by atoms with Crippen molar-refractivity contribution >= 4 is 22.8 Å². The van der Waals surface area contributed by atoms with Crippen molar-refractivity contribution in [1.82, 2.24) is 19.9 Å². The number of nitrogens with one attached hydrogen (secondary N) is 1. The molecule has 1 aliphatic rings. The number of fused-ring (bicyclic) bond motifs is 1. The van der Waals surface area contributed by atoms with Crippen molar-refractivity contribution in [2.24, 2.45) is 0 Å². The lowest BCUT2D eigenvalue weighted by molar-refractivity contribution is -0.173. The van der Waals surface area contributed by atoms with Gasteiger partial charge in [-0.25, -0.2) is 9.97 Å². The zero-order valence-corrected chi connectivity index (χ0v) is 14.6. The van der Waals surface area contributed by atoms with Crippen LogP contribution >= 0.6 is 0 Å². The summed E-state index contributed by atoms with van der Waals surface area (Å²) < 4.78 is 43.4. The van der Waals surface area contributed by atoms with Gasteiger partial charge in [0.05, 0.1) is 24.1 Å². The van der Waals surface area contributed by atoms with Gasteiger partial charge in [-0.2, -0.15) is 13.2 Å². The fourth-order valence-electron chi connectivity index (χ4n) is 2.87. The van der Waals surface area contributed by atoms with Crippen LogP contribution in [0.15, 0.2) is 12.5 Å². The molecule has 2 aromatic rings. The number of nitrogen functional groups attached to an aromatic ring is 1. The number of amides is 1. The third kappa shape index (κ3) is 3.96. The third-order valence-electron chi connectivity index (χ3n) is 4.25. The molecule has 4 unspecified atom stereocenters. The monoisotopic (exact) mass is 415 g/mol. The van der Waals surface area contributed by atoms with Gasteiger partial charge in [-0.1, -0.05) is 11.8 Å². The van der Waals surface area contributed by atoms with Crippen LogP contribution in [-0.4, -0.2) is 73.4 Å². The Morgan fingerprint density at radius 2 is 2.07 bits per heavy atom. The van der Waals surface area contributed by atoms with Crippen molar-refractivity contribution in [1.29, 1.82) is 0 Å². The summed E-state index contributed by atoms with van der Waals surface area (Å²) in [5.74, 6) is 2.83. The standard InChI is InChI=1S/C16H16F3N5O5/c17-16(18,19)15(28)21-3-1-2-7-4-24(13-9(7)12(20)22-6-23-13)14-11(27)10(26)8(5-25)29-14/h4,6,8,10-11,14,25-27H,3,5H2,(H,21,28)(H2,20,22,23). The minimum atomic E-state index is -5.02. The van der Waals surface area contributed by atoms with Crippen LogP contribution in [0.25, 0.3) is 11.0 Å². The molecule has 0 aliphatic carbocycles. The number of ether oxygens (including phenoxy) is 1. The Labute approximate surface area is 161 Å². The second kappa shape index (κ2) is 7.84. The number of hydrogen-bond acceptors (Lipinski definition) is 8. The van der Waals surface area contributed by atoms with Crippen LogP contribution in [0.4, 0.5) is 19.0 Å². The SMILES string of the molecule is Nc1ncnc2c1c(C#CCNC(=O)C(F)(F)F)cn2C1OC(CO)C(O)C1O. The first kappa shape index (κ1) is 20.8. The first-order valence-corrected chi connectivity index (χ1v) is 8.22. The Balaban J connectivity index is 1.93. The molecular weight excluding hydrogens is 399 g/mol. The first-order chi connectivity index (χ1) is 13.6. The zero-order chi connectivity index (χ0) is 21.3. The molecule has 0 spiro atoms. The molecule has 0 radical (unpaired) electrons. The predicted molar refractivity (Wildman–Crippen MR) is 90.9 cm³/mol. The molecule has 29 heavy (non-hydrogen) atoms. The molecule has 0 saturated carbocycles. The van der Waals surface area contributed by atoms with E-state index in [1.807, 2.05) is 0 Å². The Hall–Kier alpha value is -2.92. The Bertz CT molecular complexity index is 983. The predicted octanol–water partition coefficient (Wildman–Crippen LogP) is -1.35. The summed E-state index contributed by atoms with van der Waals surface area (Å²) >= 11 is 0. The zero-order valence-electron chi connectivity index (χ0n) is 14.6. The molecule has 1 aliphatic heterocycles. The number of nitrogens with two attached hydrogens (primary N) is 1. The molecule has 10 nitrogen and oxygen atoms in total. The number of carbonyl (C=O) groups is 1. The van der Waals surface area contributed by atoms with Crippen LogP contribution in [-0.2, 0) is 9.53 Å². The maximum absolute atomic E-state index is 12.2. The maximum Gasteiger partial charge on any atom is 0.471 e.